The normalized spacial score (nSPS) is 14.9. The molecule has 1 heterocycles. The smallest absolute Gasteiger partial charge is 0.273 e. The molecule has 140 valence electrons. The summed E-state index contributed by atoms with van der Waals surface area (Å²) in [7, 11) is -2.36. The molecule has 2 aromatic carbocycles. The Bertz CT molecular complexity index is 1060. The number of amides is 2. The van der Waals surface area contributed by atoms with Crippen molar-refractivity contribution < 1.29 is 22.7 Å². The Balaban J connectivity index is 1.90. The van der Waals surface area contributed by atoms with Crippen LogP contribution in [0, 0.1) is 0 Å². The predicted molar refractivity (Wildman–Crippen MR) is 99.1 cm³/mol. The number of ether oxygens (including phenoxy) is 1. The number of carbonyl (C=O) groups is 2. The van der Waals surface area contributed by atoms with Gasteiger partial charge in [0.1, 0.15) is 10.8 Å². The predicted octanol–water partition coefficient (Wildman–Crippen LogP) is 1.86. The van der Waals surface area contributed by atoms with E-state index < -0.39 is 21.8 Å². The standard InChI is InChI=1S/C18H15ClN2O5S/c1-26-14-5-3-2-4-13(14)15-16(19)18(23)21(17(15)22)10-11-6-8-12(9-7-11)27(20,24)25/h2-9H,10H2,1H3,(H2,20,24,25). The van der Waals surface area contributed by atoms with Gasteiger partial charge in [-0.25, -0.2) is 13.6 Å². The van der Waals surface area contributed by atoms with Crippen molar-refractivity contribution in [3.05, 3.63) is 64.7 Å². The second kappa shape index (κ2) is 7.15. The number of carbonyl (C=O) groups excluding carboxylic acids is 2. The minimum Gasteiger partial charge on any atom is -0.496 e. The number of hydrogen-bond acceptors (Lipinski definition) is 5. The van der Waals surface area contributed by atoms with Crippen molar-refractivity contribution in [2.75, 3.05) is 7.11 Å². The van der Waals surface area contributed by atoms with Crippen molar-refractivity contribution in [3.8, 4) is 5.75 Å². The maximum atomic E-state index is 12.8. The molecule has 0 radical (unpaired) electrons. The molecule has 0 bridgehead atoms. The topological polar surface area (TPSA) is 107 Å². The van der Waals surface area contributed by atoms with Gasteiger partial charge in [0.15, 0.2) is 0 Å². The largest absolute Gasteiger partial charge is 0.496 e. The lowest BCUT2D eigenvalue weighted by Gasteiger charge is -2.15. The third-order valence-corrected chi connectivity index (χ3v) is 5.36. The number of methoxy groups -OCH3 is 1. The SMILES string of the molecule is COc1ccccc1C1=C(Cl)C(=O)N(Cc2ccc(S(N)(=O)=O)cc2)C1=O. The molecule has 2 N–H and O–H groups in total. The van der Waals surface area contributed by atoms with Crippen LogP contribution in [0.1, 0.15) is 11.1 Å². The Morgan fingerprint density at radius 3 is 2.26 bits per heavy atom. The average Bonchev–Trinajstić information content (AvgIpc) is 2.85. The van der Waals surface area contributed by atoms with E-state index in [9.17, 15) is 18.0 Å². The number of rotatable bonds is 5. The quantitative estimate of drug-likeness (QED) is 0.762. The van der Waals surface area contributed by atoms with E-state index in [1.165, 1.54) is 31.4 Å². The Morgan fingerprint density at radius 1 is 1.04 bits per heavy atom. The highest BCUT2D eigenvalue weighted by Gasteiger charge is 2.39. The minimum absolute atomic E-state index is 0.0581. The fourth-order valence-electron chi connectivity index (χ4n) is 2.74. The van der Waals surface area contributed by atoms with Gasteiger partial charge in [-0.3, -0.25) is 14.5 Å². The van der Waals surface area contributed by atoms with Gasteiger partial charge in [0.2, 0.25) is 10.0 Å². The third-order valence-electron chi connectivity index (χ3n) is 4.08. The van der Waals surface area contributed by atoms with Crippen molar-refractivity contribution in [1.82, 2.24) is 4.90 Å². The summed E-state index contributed by atoms with van der Waals surface area (Å²) in [6.07, 6.45) is 0. The highest BCUT2D eigenvalue weighted by atomic mass is 35.5. The maximum Gasteiger partial charge on any atom is 0.273 e. The van der Waals surface area contributed by atoms with E-state index in [-0.39, 0.29) is 22.0 Å². The second-order valence-corrected chi connectivity index (χ2v) is 7.71. The Kier molecular flexibility index (Phi) is 5.05. The number of hydrogen-bond donors (Lipinski definition) is 1. The van der Waals surface area contributed by atoms with E-state index in [1.807, 2.05) is 0 Å². The zero-order valence-corrected chi connectivity index (χ0v) is 15.8. The molecule has 0 unspecified atom stereocenters. The van der Waals surface area contributed by atoms with E-state index in [4.69, 9.17) is 21.5 Å². The molecule has 0 atom stereocenters. The minimum atomic E-state index is -3.82. The first-order valence-electron chi connectivity index (χ1n) is 7.75. The van der Waals surface area contributed by atoms with E-state index in [0.717, 1.165) is 4.90 Å². The Hall–Kier alpha value is -2.68. The number of para-hydroxylation sites is 1. The van der Waals surface area contributed by atoms with E-state index in [2.05, 4.69) is 0 Å². The van der Waals surface area contributed by atoms with Crippen LogP contribution in [0.15, 0.2) is 58.5 Å². The summed E-state index contributed by atoms with van der Waals surface area (Å²) in [5.41, 5.74) is 1.05. The van der Waals surface area contributed by atoms with Crippen molar-refractivity contribution in [1.29, 1.82) is 0 Å². The molecule has 1 aliphatic rings. The molecule has 27 heavy (non-hydrogen) atoms. The molecular formula is C18H15ClN2O5S. The summed E-state index contributed by atoms with van der Waals surface area (Å²) in [6.45, 7) is -0.0581. The van der Waals surface area contributed by atoms with Crippen LogP contribution in [0.3, 0.4) is 0 Å². The number of imide groups is 1. The van der Waals surface area contributed by atoms with Crippen molar-refractivity contribution in [2.45, 2.75) is 11.4 Å². The van der Waals surface area contributed by atoms with Gasteiger partial charge in [-0.05, 0) is 23.8 Å². The van der Waals surface area contributed by atoms with Crippen LogP contribution in [0.4, 0.5) is 0 Å². The lowest BCUT2D eigenvalue weighted by atomic mass is 10.0. The molecule has 0 aliphatic carbocycles. The fraction of sp³-hybridized carbons (Fsp3) is 0.111. The number of sulfonamides is 1. The molecule has 9 heteroatoms. The van der Waals surface area contributed by atoms with Gasteiger partial charge in [-0.2, -0.15) is 0 Å². The molecule has 3 rings (SSSR count). The lowest BCUT2D eigenvalue weighted by Crippen LogP contribution is -2.30. The Morgan fingerprint density at radius 2 is 1.67 bits per heavy atom. The summed E-state index contributed by atoms with van der Waals surface area (Å²) in [5, 5.41) is 4.87. The summed E-state index contributed by atoms with van der Waals surface area (Å²) >= 11 is 6.15. The average molecular weight is 407 g/mol. The summed E-state index contributed by atoms with van der Waals surface area (Å²) in [5.74, 6) is -0.755. The van der Waals surface area contributed by atoms with Crippen LogP contribution >= 0.6 is 11.6 Å². The van der Waals surface area contributed by atoms with Crippen molar-refractivity contribution in [2.24, 2.45) is 5.14 Å². The summed E-state index contributed by atoms with van der Waals surface area (Å²) in [4.78, 5) is 26.2. The first kappa shape index (κ1) is 19.1. The van der Waals surface area contributed by atoms with Gasteiger partial charge < -0.3 is 4.74 Å². The molecule has 0 aromatic heterocycles. The number of primary sulfonamides is 1. The van der Waals surface area contributed by atoms with Gasteiger partial charge in [0.25, 0.3) is 11.8 Å². The van der Waals surface area contributed by atoms with E-state index in [1.54, 1.807) is 24.3 Å². The van der Waals surface area contributed by atoms with Gasteiger partial charge in [-0.15, -0.1) is 0 Å². The van der Waals surface area contributed by atoms with Crippen molar-refractivity contribution in [3.63, 3.8) is 0 Å². The zero-order chi connectivity index (χ0) is 19.8. The number of nitrogens with two attached hydrogens (primary N) is 1. The molecule has 0 saturated carbocycles. The van der Waals surface area contributed by atoms with Crippen molar-refractivity contribution >= 4 is 39.0 Å². The number of halogens is 1. The van der Waals surface area contributed by atoms with Crippen LogP contribution < -0.4 is 9.88 Å². The highest BCUT2D eigenvalue weighted by molar-refractivity contribution is 7.89. The first-order chi connectivity index (χ1) is 12.7. The lowest BCUT2D eigenvalue weighted by molar-refractivity contribution is -0.137. The fourth-order valence-corrected chi connectivity index (χ4v) is 3.54. The van der Waals surface area contributed by atoms with Crippen LogP contribution in [0.25, 0.3) is 5.57 Å². The molecule has 2 aromatic rings. The van der Waals surface area contributed by atoms with Crippen LogP contribution in [-0.2, 0) is 26.2 Å². The van der Waals surface area contributed by atoms with Gasteiger partial charge >= 0.3 is 0 Å². The number of benzene rings is 2. The summed E-state index contributed by atoms with van der Waals surface area (Å²) in [6, 6.07) is 12.3. The zero-order valence-electron chi connectivity index (χ0n) is 14.2. The van der Waals surface area contributed by atoms with E-state index in [0.29, 0.717) is 16.9 Å². The van der Waals surface area contributed by atoms with Gasteiger partial charge in [-0.1, -0.05) is 41.9 Å². The third kappa shape index (κ3) is 3.59. The van der Waals surface area contributed by atoms with Crippen LogP contribution in [-0.4, -0.2) is 32.2 Å². The van der Waals surface area contributed by atoms with Crippen LogP contribution in [0.2, 0.25) is 0 Å². The van der Waals surface area contributed by atoms with Gasteiger partial charge in [0.05, 0.1) is 24.1 Å². The molecule has 0 spiro atoms. The van der Waals surface area contributed by atoms with E-state index >= 15 is 0 Å². The maximum absolute atomic E-state index is 12.8. The number of nitrogens with zero attached hydrogens (tertiary/aromatic N) is 1. The molecule has 1 aliphatic heterocycles. The highest BCUT2D eigenvalue weighted by Crippen LogP contribution is 2.36. The monoisotopic (exact) mass is 406 g/mol. The molecule has 2 amide bonds. The molecule has 0 fully saturated rings. The first-order valence-corrected chi connectivity index (χ1v) is 9.67. The second-order valence-electron chi connectivity index (χ2n) is 5.77. The summed E-state index contributed by atoms with van der Waals surface area (Å²) < 4.78 is 27.9. The molecular weight excluding hydrogens is 392 g/mol. The Labute approximate surface area is 161 Å². The van der Waals surface area contributed by atoms with Crippen LogP contribution in [0.5, 0.6) is 5.75 Å². The van der Waals surface area contributed by atoms with Gasteiger partial charge in [0, 0.05) is 5.56 Å². The molecule has 7 nitrogen and oxygen atoms in total. The molecule has 0 saturated heterocycles.